The van der Waals surface area contributed by atoms with Gasteiger partial charge in [0.05, 0.1) is 22.5 Å². The highest BCUT2D eigenvalue weighted by atomic mass is 32.2. The molecule has 0 aliphatic carbocycles. The van der Waals surface area contributed by atoms with Crippen LogP contribution in [0, 0.1) is 0 Å². The van der Waals surface area contributed by atoms with Crippen molar-refractivity contribution in [2.75, 3.05) is 20.3 Å². The minimum atomic E-state index is -4.10. The predicted molar refractivity (Wildman–Crippen MR) is 100 cm³/mol. The maximum absolute atomic E-state index is 13.0. The smallest absolute Gasteiger partial charge is 0.343 e. The van der Waals surface area contributed by atoms with Gasteiger partial charge in [-0.3, -0.25) is 9.36 Å². The minimum absolute atomic E-state index is 0.000417. The number of imidazole rings is 1. The summed E-state index contributed by atoms with van der Waals surface area (Å²) in [4.78, 5) is 25.0. The number of fused-ring (bicyclic) bond motifs is 1. The lowest BCUT2D eigenvalue weighted by molar-refractivity contribution is -0.121. The van der Waals surface area contributed by atoms with Crippen molar-refractivity contribution in [3.63, 3.8) is 0 Å². The van der Waals surface area contributed by atoms with Gasteiger partial charge in [0, 0.05) is 13.7 Å². The molecule has 1 N–H and O–H groups in total. The summed E-state index contributed by atoms with van der Waals surface area (Å²) in [5.74, 6) is -0.408. The van der Waals surface area contributed by atoms with Crippen molar-refractivity contribution in [2.24, 2.45) is 0 Å². The van der Waals surface area contributed by atoms with Gasteiger partial charge in [-0.1, -0.05) is 30.3 Å². The van der Waals surface area contributed by atoms with E-state index < -0.39 is 21.6 Å². The molecule has 0 radical (unpaired) electrons. The molecule has 0 saturated carbocycles. The number of aromatic nitrogens is 2. The Morgan fingerprint density at radius 3 is 2.33 bits per heavy atom. The van der Waals surface area contributed by atoms with E-state index in [2.05, 4.69) is 5.32 Å². The monoisotopic (exact) mass is 389 g/mol. The zero-order valence-corrected chi connectivity index (χ0v) is 15.5. The van der Waals surface area contributed by atoms with Gasteiger partial charge in [0.2, 0.25) is 5.91 Å². The molecule has 27 heavy (non-hydrogen) atoms. The summed E-state index contributed by atoms with van der Waals surface area (Å²) in [5.41, 5.74) is -0.207. The van der Waals surface area contributed by atoms with Crippen LogP contribution in [0.3, 0.4) is 0 Å². The molecule has 1 heterocycles. The van der Waals surface area contributed by atoms with E-state index in [1.165, 1.54) is 25.3 Å². The van der Waals surface area contributed by atoms with Crippen molar-refractivity contribution in [1.29, 1.82) is 0 Å². The first-order chi connectivity index (χ1) is 13.0. The predicted octanol–water partition coefficient (Wildman–Crippen LogP) is 0.803. The fourth-order valence-electron chi connectivity index (χ4n) is 2.75. The van der Waals surface area contributed by atoms with Gasteiger partial charge in [0.15, 0.2) is 0 Å². The summed E-state index contributed by atoms with van der Waals surface area (Å²) in [6.45, 7) is 0.343. The van der Waals surface area contributed by atoms with Crippen molar-refractivity contribution >= 4 is 27.0 Å². The zero-order chi connectivity index (χ0) is 19.4. The molecule has 0 unspecified atom stereocenters. The molecule has 9 heteroatoms. The molecule has 0 aliphatic heterocycles. The SMILES string of the molecule is COCCNC(=O)Cn1c(=O)n(S(=O)(=O)c2ccccc2)c2ccccc21. The molecule has 3 aromatic rings. The average molecular weight is 389 g/mol. The molecular formula is C18H19N3O5S. The van der Waals surface area contributed by atoms with E-state index in [0.29, 0.717) is 18.7 Å². The molecule has 1 amide bonds. The van der Waals surface area contributed by atoms with Gasteiger partial charge in [0.1, 0.15) is 6.54 Å². The number of nitrogens with zero attached hydrogens (tertiary/aromatic N) is 2. The van der Waals surface area contributed by atoms with Gasteiger partial charge in [-0.15, -0.1) is 0 Å². The van der Waals surface area contributed by atoms with Crippen LogP contribution in [0.2, 0.25) is 0 Å². The summed E-state index contributed by atoms with van der Waals surface area (Å²) in [5, 5.41) is 2.62. The van der Waals surface area contributed by atoms with Gasteiger partial charge in [-0.2, -0.15) is 3.97 Å². The van der Waals surface area contributed by atoms with Crippen molar-refractivity contribution in [2.45, 2.75) is 11.4 Å². The van der Waals surface area contributed by atoms with E-state index >= 15 is 0 Å². The van der Waals surface area contributed by atoms with E-state index in [0.717, 1.165) is 8.54 Å². The van der Waals surface area contributed by atoms with Gasteiger partial charge in [0.25, 0.3) is 10.0 Å². The molecule has 142 valence electrons. The summed E-state index contributed by atoms with van der Waals surface area (Å²) < 4.78 is 32.8. The Bertz CT molecular complexity index is 1120. The van der Waals surface area contributed by atoms with Crippen LogP contribution in [-0.4, -0.2) is 43.1 Å². The number of benzene rings is 2. The Labute approximate surface area is 156 Å². The van der Waals surface area contributed by atoms with Crippen molar-refractivity contribution < 1.29 is 17.9 Å². The van der Waals surface area contributed by atoms with E-state index in [-0.39, 0.29) is 17.0 Å². The topological polar surface area (TPSA) is 99.4 Å². The largest absolute Gasteiger partial charge is 0.383 e. The fraction of sp³-hybridized carbons (Fsp3) is 0.222. The molecule has 0 spiro atoms. The highest BCUT2D eigenvalue weighted by Crippen LogP contribution is 2.19. The first-order valence-electron chi connectivity index (χ1n) is 8.23. The maximum atomic E-state index is 13.0. The first-order valence-corrected chi connectivity index (χ1v) is 9.67. The van der Waals surface area contributed by atoms with E-state index in [1.807, 2.05) is 0 Å². The molecule has 1 aromatic heterocycles. The Morgan fingerprint density at radius 1 is 1.04 bits per heavy atom. The lowest BCUT2D eigenvalue weighted by Gasteiger charge is -2.06. The molecular weight excluding hydrogens is 370 g/mol. The van der Waals surface area contributed by atoms with E-state index in [1.54, 1.807) is 36.4 Å². The average Bonchev–Trinajstić information content (AvgIpc) is 2.95. The standard InChI is InChI=1S/C18H19N3O5S/c1-26-12-11-19-17(22)13-20-15-9-5-6-10-16(15)21(18(20)23)27(24,25)14-7-3-2-4-8-14/h2-10H,11-13H2,1H3,(H,19,22). The molecule has 0 aliphatic rings. The Kier molecular flexibility index (Phi) is 5.43. The van der Waals surface area contributed by atoms with Crippen LogP contribution in [0.25, 0.3) is 11.0 Å². The highest BCUT2D eigenvalue weighted by Gasteiger charge is 2.25. The van der Waals surface area contributed by atoms with Crippen LogP contribution >= 0.6 is 0 Å². The Hall–Kier alpha value is -2.91. The number of nitrogens with one attached hydrogen (secondary N) is 1. The fourth-order valence-corrected chi connectivity index (χ4v) is 4.18. The number of methoxy groups -OCH3 is 1. The number of hydrogen-bond donors (Lipinski definition) is 1. The number of rotatable bonds is 7. The molecule has 0 saturated heterocycles. The quantitative estimate of drug-likeness (QED) is 0.603. The zero-order valence-electron chi connectivity index (χ0n) is 14.7. The van der Waals surface area contributed by atoms with Crippen LogP contribution in [0.5, 0.6) is 0 Å². The minimum Gasteiger partial charge on any atom is -0.383 e. The Balaban J connectivity index is 2.10. The van der Waals surface area contributed by atoms with Crippen molar-refractivity contribution in [3.8, 4) is 0 Å². The van der Waals surface area contributed by atoms with Crippen LogP contribution in [0.1, 0.15) is 0 Å². The summed E-state index contributed by atoms with van der Waals surface area (Å²) in [6.07, 6.45) is 0. The van der Waals surface area contributed by atoms with Crippen LogP contribution in [0.4, 0.5) is 0 Å². The lowest BCUT2D eigenvalue weighted by atomic mass is 10.3. The second kappa shape index (κ2) is 7.77. The van der Waals surface area contributed by atoms with Gasteiger partial charge >= 0.3 is 5.69 Å². The first kappa shape index (κ1) is 18.9. The number of amides is 1. The van der Waals surface area contributed by atoms with E-state index in [4.69, 9.17) is 4.74 Å². The van der Waals surface area contributed by atoms with Gasteiger partial charge in [-0.05, 0) is 24.3 Å². The van der Waals surface area contributed by atoms with Crippen LogP contribution in [0.15, 0.2) is 64.3 Å². The number of ether oxygens (including phenoxy) is 1. The third kappa shape index (κ3) is 3.64. The van der Waals surface area contributed by atoms with Crippen LogP contribution in [-0.2, 0) is 26.1 Å². The second-order valence-electron chi connectivity index (χ2n) is 5.78. The van der Waals surface area contributed by atoms with Crippen molar-refractivity contribution in [1.82, 2.24) is 13.9 Å². The summed E-state index contributed by atoms with van der Waals surface area (Å²) in [7, 11) is -2.59. The third-order valence-electron chi connectivity index (χ3n) is 4.01. The van der Waals surface area contributed by atoms with Crippen molar-refractivity contribution in [3.05, 3.63) is 65.1 Å². The molecule has 0 atom stereocenters. The van der Waals surface area contributed by atoms with Crippen LogP contribution < -0.4 is 11.0 Å². The van der Waals surface area contributed by atoms with Gasteiger partial charge in [-0.25, -0.2) is 13.2 Å². The lowest BCUT2D eigenvalue weighted by Crippen LogP contribution is -2.35. The maximum Gasteiger partial charge on any atom is 0.343 e. The summed E-state index contributed by atoms with van der Waals surface area (Å²) in [6, 6.07) is 14.2. The normalized spacial score (nSPS) is 11.6. The number of carbonyl (C=O) groups is 1. The number of hydrogen-bond acceptors (Lipinski definition) is 5. The third-order valence-corrected chi connectivity index (χ3v) is 5.71. The molecule has 2 aromatic carbocycles. The second-order valence-corrected chi connectivity index (χ2v) is 7.57. The summed E-state index contributed by atoms with van der Waals surface area (Å²) >= 11 is 0. The molecule has 3 rings (SSSR count). The molecule has 0 fully saturated rings. The van der Waals surface area contributed by atoms with E-state index in [9.17, 15) is 18.0 Å². The number of para-hydroxylation sites is 2. The number of carbonyl (C=O) groups excluding carboxylic acids is 1. The highest BCUT2D eigenvalue weighted by molar-refractivity contribution is 7.90. The van der Waals surface area contributed by atoms with Gasteiger partial charge < -0.3 is 10.1 Å². The Morgan fingerprint density at radius 2 is 1.67 bits per heavy atom. The molecule has 0 bridgehead atoms. The molecule has 8 nitrogen and oxygen atoms in total.